The van der Waals surface area contributed by atoms with Gasteiger partial charge in [-0.1, -0.05) is 0 Å². The zero-order valence-electron chi connectivity index (χ0n) is 14.3. The summed E-state index contributed by atoms with van der Waals surface area (Å²) in [7, 11) is 4.65. The summed E-state index contributed by atoms with van der Waals surface area (Å²) in [5.41, 5.74) is 0.233. The normalized spacial score (nSPS) is 9.83. The third-order valence-electron chi connectivity index (χ3n) is 2.97. The third-order valence-corrected chi connectivity index (χ3v) is 2.97. The monoisotopic (exact) mass is 338 g/mol. The summed E-state index contributed by atoms with van der Waals surface area (Å²) in [6.45, 7) is 1.59. The molecule has 8 nitrogen and oxygen atoms in total. The first-order valence-corrected chi connectivity index (χ1v) is 7.33. The van der Waals surface area contributed by atoms with Crippen molar-refractivity contribution in [2.24, 2.45) is 0 Å². The van der Waals surface area contributed by atoms with E-state index in [4.69, 9.17) is 14.2 Å². The van der Waals surface area contributed by atoms with Crippen LogP contribution >= 0.6 is 0 Å². The molecule has 0 heterocycles. The quantitative estimate of drug-likeness (QED) is 0.692. The highest BCUT2D eigenvalue weighted by atomic mass is 16.5. The molecular formula is C16H22N2O6. The molecule has 8 heteroatoms. The van der Waals surface area contributed by atoms with Gasteiger partial charge in [0.15, 0.2) is 18.1 Å². The molecule has 0 atom stereocenters. The topological polar surface area (TPSA) is 94.2 Å². The minimum absolute atomic E-state index is 0.152. The van der Waals surface area contributed by atoms with E-state index in [2.05, 4.69) is 5.32 Å². The van der Waals surface area contributed by atoms with Crippen LogP contribution < -0.4 is 14.8 Å². The Morgan fingerprint density at radius 1 is 1.17 bits per heavy atom. The summed E-state index contributed by atoms with van der Waals surface area (Å²) in [5.74, 6) is -0.584. The van der Waals surface area contributed by atoms with Gasteiger partial charge in [-0.15, -0.1) is 0 Å². The first-order valence-electron chi connectivity index (χ1n) is 7.33. The number of rotatable bonds is 8. The number of carbonyl (C=O) groups excluding carboxylic acids is 3. The lowest BCUT2D eigenvalue weighted by Gasteiger charge is -2.12. The van der Waals surface area contributed by atoms with Gasteiger partial charge in [-0.25, -0.2) is 4.79 Å². The summed E-state index contributed by atoms with van der Waals surface area (Å²) >= 11 is 0. The second-order valence-electron chi connectivity index (χ2n) is 4.94. The average Bonchev–Trinajstić information content (AvgIpc) is 2.57. The maximum Gasteiger partial charge on any atom is 0.338 e. The standard InChI is InChI=1S/C16H22N2O6/c1-5-23-13-8-11(6-7-12(13)22-4)16(21)24-10-14(19)17-9-15(20)18(2)3/h6-8H,5,9-10H2,1-4H3,(H,17,19). The first kappa shape index (κ1) is 19.3. The summed E-state index contributed by atoms with van der Waals surface area (Å²) in [5, 5.41) is 2.37. The molecular weight excluding hydrogens is 316 g/mol. The Kier molecular flexibility index (Phi) is 7.54. The molecule has 0 radical (unpaired) electrons. The van der Waals surface area contributed by atoms with Gasteiger partial charge in [-0.3, -0.25) is 9.59 Å². The van der Waals surface area contributed by atoms with Gasteiger partial charge in [-0.2, -0.15) is 0 Å². The Balaban J connectivity index is 2.57. The molecule has 0 bridgehead atoms. The molecule has 0 aliphatic heterocycles. The molecule has 1 aromatic rings. The summed E-state index contributed by atoms with van der Waals surface area (Å²) in [6, 6.07) is 4.58. The van der Waals surface area contributed by atoms with E-state index in [0.717, 1.165) is 0 Å². The van der Waals surface area contributed by atoms with Crippen molar-refractivity contribution in [3.05, 3.63) is 23.8 Å². The molecule has 0 aliphatic rings. The average molecular weight is 338 g/mol. The fourth-order valence-corrected chi connectivity index (χ4v) is 1.67. The second kappa shape index (κ2) is 9.39. The Morgan fingerprint density at radius 2 is 1.88 bits per heavy atom. The van der Waals surface area contributed by atoms with Crippen LogP contribution in [0.1, 0.15) is 17.3 Å². The van der Waals surface area contributed by atoms with Crippen molar-refractivity contribution < 1.29 is 28.6 Å². The van der Waals surface area contributed by atoms with E-state index >= 15 is 0 Å². The minimum Gasteiger partial charge on any atom is -0.493 e. The predicted molar refractivity (Wildman–Crippen MR) is 86.1 cm³/mol. The molecule has 132 valence electrons. The Morgan fingerprint density at radius 3 is 2.46 bits per heavy atom. The van der Waals surface area contributed by atoms with Crippen LogP contribution in [0.25, 0.3) is 0 Å². The predicted octanol–water partition coefficient (Wildman–Crippen LogP) is 0.455. The highest BCUT2D eigenvalue weighted by Crippen LogP contribution is 2.28. The van der Waals surface area contributed by atoms with Gasteiger partial charge in [0.2, 0.25) is 5.91 Å². The number of ether oxygens (including phenoxy) is 3. The van der Waals surface area contributed by atoms with Gasteiger partial charge in [0.05, 0.1) is 25.8 Å². The van der Waals surface area contributed by atoms with Crippen LogP contribution in [0.3, 0.4) is 0 Å². The van der Waals surface area contributed by atoms with Crippen LogP contribution in [0, 0.1) is 0 Å². The van der Waals surface area contributed by atoms with Gasteiger partial charge in [0.25, 0.3) is 5.91 Å². The Hall–Kier alpha value is -2.77. The Bertz CT molecular complexity index is 600. The smallest absolute Gasteiger partial charge is 0.338 e. The van der Waals surface area contributed by atoms with Crippen molar-refractivity contribution in [3.8, 4) is 11.5 Å². The number of methoxy groups -OCH3 is 1. The molecule has 0 fully saturated rings. The van der Waals surface area contributed by atoms with Gasteiger partial charge >= 0.3 is 5.97 Å². The third kappa shape index (κ3) is 5.79. The SMILES string of the molecule is CCOc1cc(C(=O)OCC(=O)NCC(=O)N(C)C)ccc1OC. The van der Waals surface area contributed by atoms with Crippen molar-refractivity contribution in [3.63, 3.8) is 0 Å². The number of amides is 2. The lowest BCUT2D eigenvalue weighted by atomic mass is 10.2. The second-order valence-corrected chi connectivity index (χ2v) is 4.94. The number of hydrogen-bond donors (Lipinski definition) is 1. The van der Waals surface area contributed by atoms with Crippen molar-refractivity contribution in [1.29, 1.82) is 0 Å². The van der Waals surface area contributed by atoms with E-state index in [1.165, 1.54) is 24.1 Å². The molecule has 0 spiro atoms. The van der Waals surface area contributed by atoms with Crippen molar-refractivity contribution >= 4 is 17.8 Å². The number of nitrogens with one attached hydrogen (secondary N) is 1. The maximum absolute atomic E-state index is 12.0. The molecule has 1 rings (SSSR count). The van der Waals surface area contributed by atoms with Crippen LogP contribution in [-0.4, -0.2) is 63.6 Å². The van der Waals surface area contributed by atoms with Crippen LogP contribution in [0.5, 0.6) is 11.5 Å². The highest BCUT2D eigenvalue weighted by Gasteiger charge is 2.14. The number of esters is 1. The van der Waals surface area contributed by atoms with Gasteiger partial charge in [0, 0.05) is 14.1 Å². The lowest BCUT2D eigenvalue weighted by Crippen LogP contribution is -2.38. The van der Waals surface area contributed by atoms with Gasteiger partial charge in [0.1, 0.15) is 0 Å². The van der Waals surface area contributed by atoms with Crippen molar-refractivity contribution in [1.82, 2.24) is 10.2 Å². The number of likely N-dealkylation sites (N-methyl/N-ethyl adjacent to an activating group) is 1. The van der Waals surface area contributed by atoms with Crippen molar-refractivity contribution in [2.75, 3.05) is 41.0 Å². The zero-order valence-corrected chi connectivity index (χ0v) is 14.3. The summed E-state index contributed by atoms with van der Waals surface area (Å²) in [4.78, 5) is 36.2. The molecule has 0 aliphatic carbocycles. The number of carbonyl (C=O) groups is 3. The van der Waals surface area contributed by atoms with E-state index in [1.54, 1.807) is 20.2 Å². The van der Waals surface area contributed by atoms with E-state index in [1.807, 2.05) is 6.92 Å². The highest BCUT2D eigenvalue weighted by molar-refractivity contribution is 5.92. The molecule has 1 N–H and O–H groups in total. The minimum atomic E-state index is -0.673. The van der Waals surface area contributed by atoms with E-state index in [0.29, 0.717) is 18.1 Å². The molecule has 2 amide bonds. The molecule has 0 saturated carbocycles. The fraction of sp³-hybridized carbons (Fsp3) is 0.438. The molecule has 0 unspecified atom stereocenters. The van der Waals surface area contributed by atoms with E-state index in [-0.39, 0.29) is 18.0 Å². The molecule has 0 saturated heterocycles. The van der Waals surface area contributed by atoms with Gasteiger partial charge in [-0.05, 0) is 25.1 Å². The molecule has 0 aromatic heterocycles. The zero-order chi connectivity index (χ0) is 18.1. The van der Waals surface area contributed by atoms with Gasteiger partial charge < -0.3 is 24.4 Å². The number of benzene rings is 1. The van der Waals surface area contributed by atoms with Crippen LogP contribution in [-0.2, 0) is 14.3 Å². The molecule has 24 heavy (non-hydrogen) atoms. The number of hydrogen-bond acceptors (Lipinski definition) is 6. The lowest BCUT2D eigenvalue weighted by molar-refractivity contribution is -0.131. The van der Waals surface area contributed by atoms with E-state index in [9.17, 15) is 14.4 Å². The van der Waals surface area contributed by atoms with E-state index < -0.39 is 18.5 Å². The maximum atomic E-state index is 12.0. The largest absolute Gasteiger partial charge is 0.493 e. The van der Waals surface area contributed by atoms with Crippen LogP contribution in [0.2, 0.25) is 0 Å². The summed E-state index contributed by atoms with van der Waals surface area (Å²) in [6.07, 6.45) is 0. The number of nitrogens with zero attached hydrogens (tertiary/aromatic N) is 1. The fourth-order valence-electron chi connectivity index (χ4n) is 1.67. The van der Waals surface area contributed by atoms with Crippen LogP contribution in [0.4, 0.5) is 0 Å². The molecule has 1 aromatic carbocycles. The van der Waals surface area contributed by atoms with Crippen molar-refractivity contribution in [2.45, 2.75) is 6.92 Å². The Labute approximate surface area is 140 Å². The summed E-state index contributed by atoms with van der Waals surface area (Å²) < 4.78 is 15.4. The van der Waals surface area contributed by atoms with Crippen LogP contribution in [0.15, 0.2) is 18.2 Å². The first-order chi connectivity index (χ1) is 11.4.